The first-order valence-electron chi connectivity index (χ1n) is 8.09. The predicted octanol–water partition coefficient (Wildman–Crippen LogP) is 2.92. The minimum atomic E-state index is -0.0395. The molecule has 0 bridgehead atoms. The second kappa shape index (κ2) is 6.23. The van der Waals surface area contributed by atoms with Gasteiger partial charge in [-0.2, -0.15) is 5.10 Å². The van der Waals surface area contributed by atoms with Crippen LogP contribution in [0.3, 0.4) is 0 Å². The highest BCUT2D eigenvalue weighted by Crippen LogP contribution is 2.26. The van der Waals surface area contributed by atoms with Gasteiger partial charge in [0.25, 0.3) is 0 Å². The second-order valence-electron chi connectivity index (χ2n) is 5.88. The van der Waals surface area contributed by atoms with Gasteiger partial charge in [0.2, 0.25) is 0 Å². The molecule has 1 aromatic heterocycles. The standard InChI is InChI=1S/C18H19N5O/c24-18(20-14-5-2-1-3-6-14)23-11-9-22(10-12-23)17-8-4-7-16-15(17)13-19-21-16/h1-8,13H,9-12H2,(H,19,21)(H,20,24). The minimum Gasteiger partial charge on any atom is -0.367 e. The van der Waals surface area contributed by atoms with Crippen molar-refractivity contribution in [3.05, 3.63) is 54.7 Å². The smallest absolute Gasteiger partial charge is 0.321 e. The average molecular weight is 321 g/mol. The third-order valence-corrected chi connectivity index (χ3v) is 4.39. The van der Waals surface area contributed by atoms with Gasteiger partial charge in [-0.05, 0) is 24.3 Å². The Morgan fingerprint density at radius 3 is 2.58 bits per heavy atom. The number of aromatic amines is 1. The zero-order valence-electron chi connectivity index (χ0n) is 13.3. The number of aromatic nitrogens is 2. The number of H-pyrrole nitrogens is 1. The van der Waals surface area contributed by atoms with Gasteiger partial charge in [0.05, 0.1) is 11.7 Å². The molecule has 6 heteroatoms. The summed E-state index contributed by atoms with van der Waals surface area (Å²) >= 11 is 0. The number of nitrogens with one attached hydrogen (secondary N) is 2. The van der Waals surface area contributed by atoms with Gasteiger partial charge in [-0.25, -0.2) is 4.79 Å². The number of carbonyl (C=O) groups is 1. The average Bonchev–Trinajstić information content (AvgIpc) is 3.11. The molecule has 4 rings (SSSR count). The number of benzene rings is 2. The maximum absolute atomic E-state index is 12.4. The quantitative estimate of drug-likeness (QED) is 0.763. The number of anilines is 2. The van der Waals surface area contributed by atoms with E-state index in [1.807, 2.05) is 53.6 Å². The third kappa shape index (κ3) is 2.78. The number of amides is 2. The fourth-order valence-corrected chi connectivity index (χ4v) is 3.10. The number of rotatable bonds is 2. The summed E-state index contributed by atoms with van der Waals surface area (Å²) in [4.78, 5) is 16.5. The lowest BCUT2D eigenvalue weighted by Crippen LogP contribution is -2.50. The molecule has 0 spiro atoms. The second-order valence-corrected chi connectivity index (χ2v) is 5.88. The molecule has 24 heavy (non-hydrogen) atoms. The van der Waals surface area contributed by atoms with E-state index in [0.717, 1.165) is 29.7 Å². The van der Waals surface area contributed by atoms with Gasteiger partial charge >= 0.3 is 6.03 Å². The van der Waals surface area contributed by atoms with Crippen molar-refractivity contribution in [2.24, 2.45) is 0 Å². The Bertz CT molecular complexity index is 837. The highest BCUT2D eigenvalue weighted by molar-refractivity contribution is 5.92. The van der Waals surface area contributed by atoms with Gasteiger partial charge in [0.15, 0.2) is 0 Å². The van der Waals surface area contributed by atoms with Crippen LogP contribution in [-0.4, -0.2) is 47.3 Å². The van der Waals surface area contributed by atoms with Crippen LogP contribution in [0.1, 0.15) is 0 Å². The van der Waals surface area contributed by atoms with Gasteiger partial charge in [0.1, 0.15) is 0 Å². The van der Waals surface area contributed by atoms with E-state index < -0.39 is 0 Å². The van der Waals surface area contributed by atoms with E-state index in [2.05, 4.69) is 26.5 Å². The van der Waals surface area contributed by atoms with Crippen molar-refractivity contribution in [2.45, 2.75) is 0 Å². The van der Waals surface area contributed by atoms with E-state index in [9.17, 15) is 4.79 Å². The third-order valence-electron chi connectivity index (χ3n) is 4.39. The van der Waals surface area contributed by atoms with Crippen molar-refractivity contribution in [1.29, 1.82) is 0 Å². The Hall–Kier alpha value is -3.02. The fraction of sp³-hybridized carbons (Fsp3) is 0.222. The van der Waals surface area contributed by atoms with Crippen LogP contribution >= 0.6 is 0 Å². The molecular weight excluding hydrogens is 302 g/mol. The summed E-state index contributed by atoms with van der Waals surface area (Å²) in [5.41, 5.74) is 3.04. The van der Waals surface area contributed by atoms with Crippen LogP contribution in [0.25, 0.3) is 10.9 Å². The number of nitrogens with zero attached hydrogens (tertiary/aromatic N) is 3. The molecule has 0 aliphatic carbocycles. The molecule has 0 radical (unpaired) electrons. The number of urea groups is 1. The van der Waals surface area contributed by atoms with Gasteiger partial charge in [-0.15, -0.1) is 0 Å². The van der Waals surface area contributed by atoms with E-state index in [1.54, 1.807) is 0 Å². The van der Waals surface area contributed by atoms with Crippen molar-refractivity contribution in [1.82, 2.24) is 15.1 Å². The summed E-state index contributed by atoms with van der Waals surface area (Å²) in [5, 5.41) is 11.2. The zero-order chi connectivity index (χ0) is 16.4. The largest absolute Gasteiger partial charge is 0.367 e. The number of carbonyl (C=O) groups excluding carboxylic acids is 1. The lowest BCUT2D eigenvalue weighted by Gasteiger charge is -2.36. The van der Waals surface area contributed by atoms with Crippen molar-refractivity contribution in [3.8, 4) is 0 Å². The molecule has 122 valence electrons. The lowest BCUT2D eigenvalue weighted by molar-refractivity contribution is 0.208. The van der Waals surface area contributed by atoms with Crippen LogP contribution in [0.5, 0.6) is 0 Å². The molecule has 1 fully saturated rings. The molecule has 3 aromatic rings. The summed E-state index contributed by atoms with van der Waals surface area (Å²) in [6, 6.07) is 15.7. The molecule has 2 aromatic carbocycles. The molecule has 0 saturated carbocycles. The lowest BCUT2D eigenvalue weighted by atomic mass is 10.2. The van der Waals surface area contributed by atoms with Crippen LogP contribution in [0.4, 0.5) is 16.2 Å². The Kier molecular flexibility index (Phi) is 3.78. The molecule has 6 nitrogen and oxygen atoms in total. The number of hydrogen-bond donors (Lipinski definition) is 2. The molecule has 1 aliphatic rings. The molecule has 1 aliphatic heterocycles. The molecule has 2 heterocycles. The zero-order valence-corrected chi connectivity index (χ0v) is 13.3. The summed E-state index contributed by atoms with van der Waals surface area (Å²) in [6.45, 7) is 3.03. The predicted molar refractivity (Wildman–Crippen MR) is 95.3 cm³/mol. The number of hydrogen-bond acceptors (Lipinski definition) is 3. The monoisotopic (exact) mass is 321 g/mol. The first kappa shape index (κ1) is 14.6. The molecule has 2 N–H and O–H groups in total. The van der Waals surface area contributed by atoms with Gasteiger partial charge in [0, 0.05) is 42.9 Å². The summed E-state index contributed by atoms with van der Waals surface area (Å²) < 4.78 is 0. The van der Waals surface area contributed by atoms with E-state index >= 15 is 0 Å². The first-order chi connectivity index (χ1) is 11.8. The van der Waals surface area contributed by atoms with Crippen molar-refractivity contribution < 1.29 is 4.79 Å². The topological polar surface area (TPSA) is 64.3 Å². The number of fused-ring (bicyclic) bond motifs is 1. The molecule has 0 atom stereocenters. The number of piperazine rings is 1. The Morgan fingerprint density at radius 1 is 1.00 bits per heavy atom. The summed E-state index contributed by atoms with van der Waals surface area (Å²) in [7, 11) is 0. The van der Waals surface area contributed by atoms with E-state index in [0.29, 0.717) is 13.1 Å². The van der Waals surface area contributed by atoms with Crippen molar-refractivity contribution in [2.75, 3.05) is 36.4 Å². The Morgan fingerprint density at radius 2 is 1.79 bits per heavy atom. The van der Waals surface area contributed by atoms with Gasteiger partial charge in [-0.3, -0.25) is 5.10 Å². The molecule has 2 amide bonds. The SMILES string of the molecule is O=C(Nc1ccccc1)N1CCN(c2cccc3[nH]ncc23)CC1. The van der Waals surface area contributed by atoms with Crippen LogP contribution in [-0.2, 0) is 0 Å². The van der Waals surface area contributed by atoms with Gasteiger partial charge in [-0.1, -0.05) is 24.3 Å². The van der Waals surface area contributed by atoms with Crippen LogP contribution < -0.4 is 10.2 Å². The van der Waals surface area contributed by atoms with Crippen LogP contribution in [0.2, 0.25) is 0 Å². The molecule has 0 unspecified atom stereocenters. The maximum atomic E-state index is 12.4. The van der Waals surface area contributed by atoms with Gasteiger partial charge < -0.3 is 15.1 Å². The molecular formula is C18H19N5O. The van der Waals surface area contributed by atoms with Crippen molar-refractivity contribution >= 4 is 28.3 Å². The minimum absolute atomic E-state index is 0.0395. The normalized spacial score (nSPS) is 14.8. The van der Waals surface area contributed by atoms with Crippen LogP contribution in [0.15, 0.2) is 54.7 Å². The summed E-state index contributed by atoms with van der Waals surface area (Å²) in [6.07, 6.45) is 1.86. The Balaban J connectivity index is 1.41. The Labute approximate surface area is 140 Å². The number of para-hydroxylation sites is 1. The van der Waals surface area contributed by atoms with E-state index in [4.69, 9.17) is 0 Å². The summed E-state index contributed by atoms with van der Waals surface area (Å²) in [5.74, 6) is 0. The molecule has 1 saturated heterocycles. The maximum Gasteiger partial charge on any atom is 0.321 e. The first-order valence-corrected chi connectivity index (χ1v) is 8.09. The highest BCUT2D eigenvalue weighted by atomic mass is 16.2. The van der Waals surface area contributed by atoms with Crippen molar-refractivity contribution in [3.63, 3.8) is 0 Å². The van der Waals surface area contributed by atoms with Crippen LogP contribution in [0, 0.1) is 0 Å². The fourth-order valence-electron chi connectivity index (χ4n) is 3.10. The van der Waals surface area contributed by atoms with E-state index in [1.165, 1.54) is 5.69 Å². The highest BCUT2D eigenvalue weighted by Gasteiger charge is 2.22. The van der Waals surface area contributed by atoms with E-state index in [-0.39, 0.29) is 6.03 Å².